The molecule has 30 heavy (non-hydrogen) atoms. The van der Waals surface area contributed by atoms with Crippen molar-refractivity contribution >= 4 is 5.91 Å². The first-order chi connectivity index (χ1) is 14.2. The second kappa shape index (κ2) is 8.31. The van der Waals surface area contributed by atoms with Gasteiger partial charge in [0.15, 0.2) is 0 Å². The van der Waals surface area contributed by atoms with Gasteiger partial charge in [-0.3, -0.25) is 9.59 Å². The fourth-order valence-electron chi connectivity index (χ4n) is 2.65. The molecule has 11 heteroatoms. The molecule has 8 nitrogen and oxygen atoms in total. The molecule has 156 valence electrons. The number of ether oxygens (including phenoxy) is 1. The van der Waals surface area contributed by atoms with Crippen molar-refractivity contribution in [3.63, 3.8) is 0 Å². The minimum absolute atomic E-state index is 0.0911. The number of alkyl halides is 3. The van der Waals surface area contributed by atoms with Gasteiger partial charge in [-0.15, -0.1) is 0 Å². The molecular formula is C19H16F3N5O3. The molecule has 3 rings (SSSR count). The molecule has 0 saturated heterocycles. The summed E-state index contributed by atoms with van der Waals surface area (Å²) in [5.74, 6) is -0.774. The van der Waals surface area contributed by atoms with E-state index in [1.807, 2.05) is 0 Å². The van der Waals surface area contributed by atoms with Gasteiger partial charge < -0.3 is 15.0 Å². The van der Waals surface area contributed by atoms with Crippen LogP contribution in [0.4, 0.5) is 13.2 Å². The summed E-state index contributed by atoms with van der Waals surface area (Å²) in [6, 6.07) is 4.62. The van der Waals surface area contributed by atoms with Crippen LogP contribution in [0.5, 0.6) is 5.75 Å². The number of nitrogens with zero attached hydrogens (tertiary/aromatic N) is 3. The number of benzene rings is 1. The number of nitrogens with one attached hydrogen (secondary N) is 2. The predicted octanol–water partition coefficient (Wildman–Crippen LogP) is 2.75. The Labute approximate surface area is 168 Å². The number of rotatable bonds is 5. The largest absolute Gasteiger partial charge is 0.496 e. The number of H-pyrrole nitrogens is 1. The first kappa shape index (κ1) is 21.0. The first-order valence-electron chi connectivity index (χ1n) is 8.63. The van der Waals surface area contributed by atoms with Crippen LogP contribution in [-0.4, -0.2) is 33.0 Å². The Bertz CT molecular complexity index is 1120. The third kappa shape index (κ3) is 4.62. The first-order valence-corrected chi connectivity index (χ1v) is 8.63. The number of amides is 1. The monoisotopic (exact) mass is 419 g/mol. The summed E-state index contributed by atoms with van der Waals surface area (Å²) in [6.45, 7) is 1.57. The average Bonchev–Trinajstić information content (AvgIpc) is 2.72. The van der Waals surface area contributed by atoms with E-state index in [1.54, 1.807) is 13.0 Å². The van der Waals surface area contributed by atoms with Crippen LogP contribution in [0, 0.1) is 0 Å². The number of carbonyl (C=O) groups is 1. The Kier molecular flexibility index (Phi) is 5.81. The molecule has 2 heterocycles. The van der Waals surface area contributed by atoms with Crippen molar-refractivity contribution in [1.29, 1.82) is 0 Å². The van der Waals surface area contributed by atoms with E-state index in [9.17, 15) is 22.8 Å². The van der Waals surface area contributed by atoms with Crippen molar-refractivity contribution < 1.29 is 22.7 Å². The molecule has 0 aliphatic carbocycles. The zero-order valence-electron chi connectivity index (χ0n) is 15.8. The standard InChI is InChI=1S/C19H16F3N5O3/c1-10(17-26-14(8-16(28)27-17)13-5-6-23-9-24-13)25-18(29)12-4-3-11(19(20,21)22)7-15(12)30-2/h3-10H,1-2H3,(H,25,29)(H,26,27,28). The molecule has 0 bridgehead atoms. The molecule has 0 spiro atoms. The van der Waals surface area contributed by atoms with E-state index in [0.29, 0.717) is 5.69 Å². The number of aromatic amines is 1. The maximum atomic E-state index is 12.9. The molecule has 1 atom stereocenters. The van der Waals surface area contributed by atoms with Crippen LogP contribution in [0.15, 0.2) is 47.7 Å². The van der Waals surface area contributed by atoms with Gasteiger partial charge in [0.2, 0.25) is 0 Å². The lowest BCUT2D eigenvalue weighted by atomic mass is 10.1. The highest BCUT2D eigenvalue weighted by molar-refractivity contribution is 5.97. The summed E-state index contributed by atoms with van der Waals surface area (Å²) in [6.07, 6.45) is -1.77. The molecule has 2 N–H and O–H groups in total. The third-order valence-corrected chi connectivity index (χ3v) is 4.14. The van der Waals surface area contributed by atoms with E-state index in [0.717, 1.165) is 18.2 Å². The fourth-order valence-corrected chi connectivity index (χ4v) is 2.65. The summed E-state index contributed by atoms with van der Waals surface area (Å²) in [5.41, 5.74) is -0.786. The Morgan fingerprint density at radius 3 is 2.60 bits per heavy atom. The van der Waals surface area contributed by atoms with Crippen molar-refractivity contribution in [3.05, 3.63) is 70.2 Å². The molecular weight excluding hydrogens is 403 g/mol. The van der Waals surface area contributed by atoms with Crippen molar-refractivity contribution in [1.82, 2.24) is 25.3 Å². The molecule has 0 aliphatic heterocycles. The van der Waals surface area contributed by atoms with Gasteiger partial charge in [-0.25, -0.2) is 15.0 Å². The van der Waals surface area contributed by atoms with Gasteiger partial charge in [-0.1, -0.05) is 0 Å². The average molecular weight is 419 g/mol. The van der Waals surface area contributed by atoms with E-state index in [-0.39, 0.29) is 22.8 Å². The normalized spacial score (nSPS) is 12.3. The summed E-state index contributed by atoms with van der Waals surface area (Å²) in [5, 5.41) is 2.59. The maximum Gasteiger partial charge on any atom is 0.416 e. The highest BCUT2D eigenvalue weighted by Crippen LogP contribution is 2.33. The fraction of sp³-hybridized carbons (Fsp3) is 0.211. The van der Waals surface area contributed by atoms with Gasteiger partial charge in [0.1, 0.15) is 17.9 Å². The van der Waals surface area contributed by atoms with Crippen LogP contribution >= 0.6 is 0 Å². The molecule has 1 aromatic carbocycles. The predicted molar refractivity (Wildman–Crippen MR) is 99.8 cm³/mol. The SMILES string of the molecule is COc1cc(C(F)(F)F)ccc1C(=O)NC(C)c1nc(-c2ccncn2)cc(=O)[nH]1. The van der Waals surface area contributed by atoms with E-state index in [2.05, 4.69) is 25.3 Å². The molecule has 1 unspecified atom stereocenters. The quantitative estimate of drug-likeness (QED) is 0.658. The van der Waals surface area contributed by atoms with Gasteiger partial charge >= 0.3 is 6.18 Å². The number of halogens is 3. The van der Waals surface area contributed by atoms with Gasteiger partial charge in [-0.2, -0.15) is 13.2 Å². The third-order valence-electron chi connectivity index (χ3n) is 4.14. The highest BCUT2D eigenvalue weighted by atomic mass is 19.4. The molecule has 3 aromatic rings. The molecule has 2 aromatic heterocycles. The smallest absolute Gasteiger partial charge is 0.416 e. The zero-order chi connectivity index (χ0) is 21.9. The maximum absolute atomic E-state index is 12.9. The molecule has 0 fully saturated rings. The number of hydrogen-bond acceptors (Lipinski definition) is 6. The lowest BCUT2D eigenvalue weighted by molar-refractivity contribution is -0.137. The number of carbonyl (C=O) groups excluding carboxylic acids is 1. The Morgan fingerprint density at radius 2 is 1.97 bits per heavy atom. The lowest BCUT2D eigenvalue weighted by Crippen LogP contribution is -2.29. The van der Waals surface area contributed by atoms with Gasteiger partial charge in [0.25, 0.3) is 11.5 Å². The second-order valence-corrected chi connectivity index (χ2v) is 6.22. The van der Waals surface area contributed by atoms with Crippen molar-refractivity contribution in [2.45, 2.75) is 19.1 Å². The Morgan fingerprint density at radius 1 is 1.20 bits per heavy atom. The van der Waals surface area contributed by atoms with E-state index < -0.39 is 29.2 Å². The van der Waals surface area contributed by atoms with E-state index >= 15 is 0 Å². The van der Waals surface area contributed by atoms with Gasteiger partial charge in [0, 0.05) is 12.3 Å². The minimum atomic E-state index is -4.57. The van der Waals surface area contributed by atoms with Crippen LogP contribution in [0.1, 0.15) is 34.7 Å². The highest BCUT2D eigenvalue weighted by Gasteiger charge is 2.32. The van der Waals surface area contributed by atoms with Crippen molar-refractivity contribution in [3.8, 4) is 17.1 Å². The van der Waals surface area contributed by atoms with Crippen LogP contribution < -0.4 is 15.6 Å². The van der Waals surface area contributed by atoms with Crippen LogP contribution in [-0.2, 0) is 6.18 Å². The number of aromatic nitrogens is 4. The Balaban J connectivity index is 1.86. The molecule has 0 saturated carbocycles. The number of hydrogen-bond donors (Lipinski definition) is 2. The van der Waals surface area contributed by atoms with Crippen molar-refractivity contribution in [2.75, 3.05) is 7.11 Å². The van der Waals surface area contributed by atoms with Crippen LogP contribution in [0.2, 0.25) is 0 Å². The zero-order valence-corrected chi connectivity index (χ0v) is 15.8. The van der Waals surface area contributed by atoms with Gasteiger partial charge in [-0.05, 0) is 31.2 Å². The molecule has 0 radical (unpaired) electrons. The van der Waals surface area contributed by atoms with Crippen LogP contribution in [0.25, 0.3) is 11.4 Å². The lowest BCUT2D eigenvalue weighted by Gasteiger charge is -2.16. The summed E-state index contributed by atoms with van der Waals surface area (Å²) >= 11 is 0. The molecule has 1 amide bonds. The Hall–Kier alpha value is -3.76. The van der Waals surface area contributed by atoms with E-state index in [1.165, 1.54) is 25.7 Å². The summed E-state index contributed by atoms with van der Waals surface area (Å²) in [7, 11) is 1.17. The van der Waals surface area contributed by atoms with E-state index in [4.69, 9.17) is 4.74 Å². The number of methoxy groups -OCH3 is 1. The second-order valence-electron chi connectivity index (χ2n) is 6.22. The summed E-state index contributed by atoms with van der Waals surface area (Å²) in [4.78, 5) is 39.2. The van der Waals surface area contributed by atoms with Crippen LogP contribution in [0.3, 0.4) is 0 Å². The molecule has 0 aliphatic rings. The van der Waals surface area contributed by atoms with Gasteiger partial charge in [0.05, 0.1) is 35.7 Å². The summed E-state index contributed by atoms with van der Waals surface area (Å²) < 4.78 is 43.6. The van der Waals surface area contributed by atoms with Crippen molar-refractivity contribution in [2.24, 2.45) is 0 Å². The topological polar surface area (TPSA) is 110 Å². The minimum Gasteiger partial charge on any atom is -0.496 e.